The van der Waals surface area contributed by atoms with Crippen LogP contribution in [0.4, 0.5) is 11.4 Å². The van der Waals surface area contributed by atoms with Gasteiger partial charge in [-0.05, 0) is 24.5 Å². The second kappa shape index (κ2) is 5.03. The van der Waals surface area contributed by atoms with Crippen LogP contribution in [0.15, 0.2) is 18.2 Å². The molecule has 4 N–H and O–H groups in total. The van der Waals surface area contributed by atoms with E-state index in [1.807, 2.05) is 39.0 Å². The number of rotatable bonds is 4. The summed E-state index contributed by atoms with van der Waals surface area (Å²) in [6, 6.07) is 5.78. The van der Waals surface area contributed by atoms with Crippen molar-refractivity contribution < 1.29 is 5.11 Å². The first-order valence-corrected chi connectivity index (χ1v) is 5.29. The molecule has 0 saturated carbocycles. The summed E-state index contributed by atoms with van der Waals surface area (Å²) in [5.74, 6) is 0.253. The maximum absolute atomic E-state index is 9.67. The van der Waals surface area contributed by atoms with E-state index in [4.69, 9.17) is 5.73 Å². The number of aryl methyl sites for hydroxylation is 1. The standard InChI is InChI=1S/C12H20N2O/c1-8(2)11(15)7-14-12-9(3)5-4-6-10(12)13/h4-6,8,11,14-15H,7,13H2,1-3H3. The molecule has 0 saturated heterocycles. The van der Waals surface area contributed by atoms with Gasteiger partial charge in [0, 0.05) is 6.54 Å². The fourth-order valence-electron chi connectivity index (χ4n) is 1.37. The van der Waals surface area contributed by atoms with E-state index in [1.165, 1.54) is 0 Å². The molecule has 0 radical (unpaired) electrons. The van der Waals surface area contributed by atoms with Crippen LogP contribution < -0.4 is 11.1 Å². The second-order valence-electron chi connectivity index (χ2n) is 4.23. The van der Waals surface area contributed by atoms with Crippen molar-refractivity contribution in [1.82, 2.24) is 0 Å². The van der Waals surface area contributed by atoms with Gasteiger partial charge >= 0.3 is 0 Å². The molecule has 1 aromatic carbocycles. The Bertz CT molecular complexity index is 303. The molecule has 84 valence electrons. The Labute approximate surface area is 91.3 Å². The summed E-state index contributed by atoms with van der Waals surface area (Å²) < 4.78 is 0. The predicted molar refractivity (Wildman–Crippen MR) is 64.9 cm³/mol. The number of aliphatic hydroxyl groups is 1. The molecular formula is C12H20N2O. The fourth-order valence-corrected chi connectivity index (χ4v) is 1.37. The van der Waals surface area contributed by atoms with E-state index in [9.17, 15) is 5.11 Å². The second-order valence-corrected chi connectivity index (χ2v) is 4.23. The largest absolute Gasteiger partial charge is 0.397 e. The minimum atomic E-state index is -0.344. The molecule has 3 nitrogen and oxygen atoms in total. The first-order valence-electron chi connectivity index (χ1n) is 5.29. The minimum Gasteiger partial charge on any atom is -0.397 e. The third-order valence-electron chi connectivity index (χ3n) is 2.56. The zero-order valence-corrected chi connectivity index (χ0v) is 9.62. The molecule has 3 heteroatoms. The van der Waals surface area contributed by atoms with Crippen molar-refractivity contribution in [1.29, 1.82) is 0 Å². The lowest BCUT2D eigenvalue weighted by Gasteiger charge is -2.18. The highest BCUT2D eigenvalue weighted by molar-refractivity contribution is 5.69. The highest BCUT2D eigenvalue weighted by Crippen LogP contribution is 2.22. The monoisotopic (exact) mass is 208 g/mol. The maximum atomic E-state index is 9.67. The Kier molecular flexibility index (Phi) is 3.97. The van der Waals surface area contributed by atoms with E-state index in [-0.39, 0.29) is 12.0 Å². The Hall–Kier alpha value is -1.22. The van der Waals surface area contributed by atoms with Crippen molar-refractivity contribution in [3.8, 4) is 0 Å². The molecule has 1 atom stereocenters. The molecule has 0 aliphatic carbocycles. The summed E-state index contributed by atoms with van der Waals surface area (Å²) in [7, 11) is 0. The number of hydrogen-bond acceptors (Lipinski definition) is 3. The lowest BCUT2D eigenvalue weighted by atomic mass is 10.1. The van der Waals surface area contributed by atoms with Gasteiger partial charge in [0.25, 0.3) is 0 Å². The summed E-state index contributed by atoms with van der Waals surface area (Å²) in [6.07, 6.45) is -0.344. The molecule has 1 aromatic rings. The number of benzene rings is 1. The van der Waals surface area contributed by atoms with Gasteiger partial charge in [0.2, 0.25) is 0 Å². The van der Waals surface area contributed by atoms with Crippen molar-refractivity contribution in [3.63, 3.8) is 0 Å². The molecule has 0 bridgehead atoms. The van der Waals surface area contributed by atoms with Crippen LogP contribution in [0.2, 0.25) is 0 Å². The first-order chi connectivity index (χ1) is 7.02. The normalized spacial score (nSPS) is 12.9. The van der Waals surface area contributed by atoms with Gasteiger partial charge in [0.15, 0.2) is 0 Å². The van der Waals surface area contributed by atoms with Crippen molar-refractivity contribution >= 4 is 11.4 Å². The van der Waals surface area contributed by atoms with Gasteiger partial charge in [-0.3, -0.25) is 0 Å². The van der Waals surface area contributed by atoms with Crippen LogP contribution in [0.1, 0.15) is 19.4 Å². The average Bonchev–Trinajstić information content (AvgIpc) is 2.16. The Morgan fingerprint density at radius 2 is 2.07 bits per heavy atom. The van der Waals surface area contributed by atoms with E-state index in [0.717, 1.165) is 16.9 Å². The summed E-state index contributed by atoms with van der Waals surface area (Å²) in [6.45, 7) is 6.52. The number of hydrogen-bond donors (Lipinski definition) is 3. The molecule has 1 unspecified atom stereocenters. The zero-order valence-electron chi connectivity index (χ0n) is 9.62. The lowest BCUT2D eigenvalue weighted by Crippen LogP contribution is -2.25. The molecule has 15 heavy (non-hydrogen) atoms. The van der Waals surface area contributed by atoms with E-state index in [2.05, 4.69) is 5.32 Å². The topological polar surface area (TPSA) is 58.3 Å². The summed E-state index contributed by atoms with van der Waals surface area (Å²) in [4.78, 5) is 0. The zero-order chi connectivity index (χ0) is 11.4. The molecule has 0 aliphatic rings. The minimum absolute atomic E-state index is 0.253. The van der Waals surface area contributed by atoms with Gasteiger partial charge in [-0.25, -0.2) is 0 Å². The third kappa shape index (κ3) is 3.13. The first kappa shape index (κ1) is 11.9. The number of aliphatic hydroxyl groups excluding tert-OH is 1. The molecule has 1 rings (SSSR count). The van der Waals surface area contributed by atoms with Gasteiger partial charge in [-0.15, -0.1) is 0 Å². The number of anilines is 2. The number of nitrogens with two attached hydrogens (primary N) is 1. The molecule has 0 heterocycles. The highest BCUT2D eigenvalue weighted by Gasteiger charge is 2.10. The van der Waals surface area contributed by atoms with Gasteiger partial charge < -0.3 is 16.2 Å². The SMILES string of the molecule is Cc1cccc(N)c1NCC(O)C(C)C. The van der Waals surface area contributed by atoms with E-state index < -0.39 is 0 Å². The smallest absolute Gasteiger partial charge is 0.0735 e. The molecule has 0 aromatic heterocycles. The van der Waals surface area contributed by atoms with Gasteiger partial charge in [-0.2, -0.15) is 0 Å². The predicted octanol–water partition coefficient (Wildman–Crippen LogP) is 2.01. The van der Waals surface area contributed by atoms with Crippen molar-refractivity contribution in [2.45, 2.75) is 26.9 Å². The van der Waals surface area contributed by atoms with Crippen LogP contribution in [0.25, 0.3) is 0 Å². The summed E-state index contributed by atoms with van der Waals surface area (Å²) in [5.41, 5.74) is 8.60. The van der Waals surface area contributed by atoms with Gasteiger partial charge in [0.1, 0.15) is 0 Å². The van der Waals surface area contributed by atoms with E-state index in [1.54, 1.807) is 0 Å². The maximum Gasteiger partial charge on any atom is 0.0735 e. The molecule has 0 spiro atoms. The number of nitrogens with one attached hydrogen (secondary N) is 1. The molecule has 0 aliphatic heterocycles. The quantitative estimate of drug-likeness (QED) is 0.663. The Balaban J connectivity index is 2.65. The summed E-state index contributed by atoms with van der Waals surface area (Å²) in [5, 5.41) is 12.9. The van der Waals surface area contributed by atoms with Crippen molar-refractivity contribution in [2.75, 3.05) is 17.6 Å². The molecule has 0 amide bonds. The highest BCUT2D eigenvalue weighted by atomic mass is 16.3. The molecule has 0 fully saturated rings. The average molecular weight is 208 g/mol. The van der Waals surface area contributed by atoms with E-state index in [0.29, 0.717) is 6.54 Å². The van der Waals surface area contributed by atoms with Crippen LogP contribution in [-0.2, 0) is 0 Å². The molecular weight excluding hydrogens is 188 g/mol. The number of para-hydroxylation sites is 1. The Morgan fingerprint density at radius 3 is 2.60 bits per heavy atom. The summed E-state index contributed by atoms with van der Waals surface area (Å²) >= 11 is 0. The van der Waals surface area contributed by atoms with Crippen LogP contribution in [0.5, 0.6) is 0 Å². The number of nitrogen functional groups attached to an aromatic ring is 1. The van der Waals surface area contributed by atoms with Crippen LogP contribution in [-0.4, -0.2) is 17.8 Å². The van der Waals surface area contributed by atoms with Gasteiger partial charge in [0.05, 0.1) is 17.5 Å². The third-order valence-corrected chi connectivity index (χ3v) is 2.56. The van der Waals surface area contributed by atoms with Gasteiger partial charge in [-0.1, -0.05) is 26.0 Å². The van der Waals surface area contributed by atoms with Crippen molar-refractivity contribution in [3.05, 3.63) is 23.8 Å². The van der Waals surface area contributed by atoms with Crippen LogP contribution >= 0.6 is 0 Å². The fraction of sp³-hybridized carbons (Fsp3) is 0.500. The van der Waals surface area contributed by atoms with Crippen molar-refractivity contribution in [2.24, 2.45) is 5.92 Å². The van der Waals surface area contributed by atoms with Crippen LogP contribution in [0, 0.1) is 12.8 Å². The van der Waals surface area contributed by atoms with Crippen LogP contribution in [0.3, 0.4) is 0 Å². The lowest BCUT2D eigenvalue weighted by molar-refractivity contribution is 0.138. The Morgan fingerprint density at radius 1 is 1.40 bits per heavy atom. The van der Waals surface area contributed by atoms with E-state index >= 15 is 0 Å².